The Hall–Kier alpha value is -1.12. The highest BCUT2D eigenvalue weighted by Gasteiger charge is 1.97. The van der Waals surface area contributed by atoms with Crippen LogP contribution in [-0.4, -0.2) is 19.4 Å². The SMILES string of the molecule is COC(=O)CCC/C=C(\C)C=O. The smallest absolute Gasteiger partial charge is 0.305 e. The molecule has 0 N–H and O–H groups in total. The zero-order valence-corrected chi connectivity index (χ0v) is 7.50. The highest BCUT2D eigenvalue weighted by molar-refractivity contribution is 5.72. The number of carbonyl (C=O) groups excluding carboxylic acids is 2. The number of esters is 1. The summed E-state index contributed by atoms with van der Waals surface area (Å²) in [6, 6.07) is 0. The minimum atomic E-state index is -0.202. The molecule has 0 unspecified atom stereocenters. The number of hydrogen-bond donors (Lipinski definition) is 0. The zero-order valence-electron chi connectivity index (χ0n) is 7.50. The largest absolute Gasteiger partial charge is 0.469 e. The molecule has 3 nitrogen and oxygen atoms in total. The van der Waals surface area contributed by atoms with Gasteiger partial charge < -0.3 is 4.74 Å². The Morgan fingerprint density at radius 1 is 1.50 bits per heavy atom. The van der Waals surface area contributed by atoms with Crippen molar-refractivity contribution in [3.05, 3.63) is 11.6 Å². The van der Waals surface area contributed by atoms with E-state index in [9.17, 15) is 9.59 Å². The maximum absolute atomic E-state index is 10.6. The van der Waals surface area contributed by atoms with Gasteiger partial charge >= 0.3 is 5.97 Å². The van der Waals surface area contributed by atoms with E-state index in [1.165, 1.54) is 7.11 Å². The van der Waals surface area contributed by atoms with E-state index in [-0.39, 0.29) is 5.97 Å². The fourth-order valence-corrected chi connectivity index (χ4v) is 0.726. The van der Waals surface area contributed by atoms with Crippen LogP contribution >= 0.6 is 0 Å². The van der Waals surface area contributed by atoms with Gasteiger partial charge in [-0.3, -0.25) is 9.59 Å². The van der Waals surface area contributed by atoms with E-state index in [0.29, 0.717) is 12.0 Å². The van der Waals surface area contributed by atoms with Crippen molar-refractivity contribution in [3.63, 3.8) is 0 Å². The van der Waals surface area contributed by atoms with Crippen LogP contribution in [0.3, 0.4) is 0 Å². The third-order valence-electron chi connectivity index (χ3n) is 1.46. The number of unbranched alkanes of at least 4 members (excludes halogenated alkanes) is 1. The molecule has 0 saturated heterocycles. The Morgan fingerprint density at radius 2 is 2.17 bits per heavy atom. The Balaban J connectivity index is 3.44. The van der Waals surface area contributed by atoms with Crippen LogP contribution in [0.1, 0.15) is 26.2 Å². The summed E-state index contributed by atoms with van der Waals surface area (Å²) >= 11 is 0. The van der Waals surface area contributed by atoms with Gasteiger partial charge in [-0.05, 0) is 25.3 Å². The highest BCUT2D eigenvalue weighted by Crippen LogP contribution is 2.00. The first-order valence-corrected chi connectivity index (χ1v) is 3.89. The lowest BCUT2D eigenvalue weighted by atomic mass is 10.2. The van der Waals surface area contributed by atoms with Crippen molar-refractivity contribution in [1.82, 2.24) is 0 Å². The van der Waals surface area contributed by atoms with Crippen molar-refractivity contribution >= 4 is 12.3 Å². The van der Waals surface area contributed by atoms with Gasteiger partial charge in [-0.2, -0.15) is 0 Å². The summed E-state index contributed by atoms with van der Waals surface area (Å²) in [6.07, 6.45) is 4.52. The van der Waals surface area contributed by atoms with Crippen molar-refractivity contribution in [2.24, 2.45) is 0 Å². The number of rotatable bonds is 5. The molecule has 68 valence electrons. The molecule has 0 radical (unpaired) electrons. The van der Waals surface area contributed by atoms with E-state index in [1.807, 2.05) is 6.08 Å². The van der Waals surface area contributed by atoms with Crippen LogP contribution in [0.4, 0.5) is 0 Å². The second-order valence-corrected chi connectivity index (χ2v) is 2.53. The Labute approximate surface area is 72.4 Å². The second kappa shape index (κ2) is 6.58. The molecule has 0 heterocycles. The third-order valence-corrected chi connectivity index (χ3v) is 1.46. The van der Waals surface area contributed by atoms with Crippen LogP contribution in [0.15, 0.2) is 11.6 Å². The van der Waals surface area contributed by atoms with Gasteiger partial charge in [-0.25, -0.2) is 0 Å². The number of allylic oxidation sites excluding steroid dienone is 2. The molecule has 0 bridgehead atoms. The molecule has 0 aliphatic carbocycles. The van der Waals surface area contributed by atoms with Crippen LogP contribution in [0.2, 0.25) is 0 Å². The van der Waals surface area contributed by atoms with Crippen LogP contribution in [0, 0.1) is 0 Å². The van der Waals surface area contributed by atoms with Gasteiger partial charge in [-0.15, -0.1) is 0 Å². The predicted molar refractivity (Wildman–Crippen MR) is 45.7 cm³/mol. The summed E-state index contributed by atoms with van der Waals surface area (Å²) in [5.41, 5.74) is 0.708. The van der Waals surface area contributed by atoms with E-state index in [0.717, 1.165) is 19.1 Å². The standard InChI is InChI=1S/C9H14O3/c1-8(7-10)5-3-4-6-9(11)12-2/h5,7H,3-4,6H2,1-2H3/b8-5+. The summed E-state index contributed by atoms with van der Waals surface area (Å²) in [4.78, 5) is 20.7. The first-order valence-electron chi connectivity index (χ1n) is 3.89. The molecule has 0 spiro atoms. The molecule has 0 amide bonds. The fraction of sp³-hybridized carbons (Fsp3) is 0.556. The maximum Gasteiger partial charge on any atom is 0.305 e. The Kier molecular flexibility index (Phi) is 5.97. The van der Waals surface area contributed by atoms with E-state index < -0.39 is 0 Å². The first-order chi connectivity index (χ1) is 5.70. The van der Waals surface area contributed by atoms with Gasteiger partial charge in [0.15, 0.2) is 0 Å². The summed E-state index contributed by atoms with van der Waals surface area (Å²) < 4.78 is 4.45. The highest BCUT2D eigenvalue weighted by atomic mass is 16.5. The average molecular weight is 170 g/mol. The number of ether oxygens (including phenoxy) is 1. The second-order valence-electron chi connectivity index (χ2n) is 2.53. The van der Waals surface area contributed by atoms with Gasteiger partial charge in [0, 0.05) is 6.42 Å². The van der Waals surface area contributed by atoms with Crippen molar-refractivity contribution in [2.45, 2.75) is 26.2 Å². The Morgan fingerprint density at radius 3 is 2.67 bits per heavy atom. The van der Waals surface area contributed by atoms with E-state index >= 15 is 0 Å². The van der Waals surface area contributed by atoms with Crippen molar-refractivity contribution in [2.75, 3.05) is 7.11 Å². The monoisotopic (exact) mass is 170 g/mol. The minimum Gasteiger partial charge on any atom is -0.469 e. The molecule has 0 aromatic rings. The predicted octanol–water partition coefficient (Wildman–Crippen LogP) is 1.47. The summed E-state index contributed by atoms with van der Waals surface area (Å²) in [6.45, 7) is 1.74. The number of methoxy groups -OCH3 is 1. The summed E-state index contributed by atoms with van der Waals surface area (Å²) in [5, 5.41) is 0. The molecule has 0 fully saturated rings. The zero-order chi connectivity index (χ0) is 9.40. The molecule has 0 aliphatic rings. The lowest BCUT2D eigenvalue weighted by Crippen LogP contribution is -1.98. The van der Waals surface area contributed by atoms with Crippen molar-refractivity contribution in [1.29, 1.82) is 0 Å². The quantitative estimate of drug-likeness (QED) is 0.271. The molecule has 0 aromatic heterocycles. The van der Waals surface area contributed by atoms with Crippen molar-refractivity contribution in [3.8, 4) is 0 Å². The molecule has 12 heavy (non-hydrogen) atoms. The van der Waals surface area contributed by atoms with Gasteiger partial charge in [0.2, 0.25) is 0 Å². The van der Waals surface area contributed by atoms with E-state index in [1.54, 1.807) is 6.92 Å². The summed E-state index contributed by atoms with van der Waals surface area (Å²) in [7, 11) is 1.37. The Bertz CT molecular complexity index is 182. The van der Waals surface area contributed by atoms with Crippen LogP contribution < -0.4 is 0 Å². The number of aldehydes is 1. The van der Waals surface area contributed by atoms with Gasteiger partial charge in [0.05, 0.1) is 7.11 Å². The molecule has 0 rings (SSSR count). The summed E-state index contributed by atoms with van der Waals surface area (Å²) in [5.74, 6) is -0.202. The lowest BCUT2D eigenvalue weighted by Gasteiger charge is -1.95. The average Bonchev–Trinajstić information content (AvgIpc) is 2.11. The molecular weight excluding hydrogens is 156 g/mol. The van der Waals surface area contributed by atoms with Gasteiger partial charge in [0.25, 0.3) is 0 Å². The molecular formula is C9H14O3. The van der Waals surface area contributed by atoms with E-state index in [2.05, 4.69) is 4.74 Å². The van der Waals surface area contributed by atoms with Gasteiger partial charge in [0.1, 0.15) is 6.29 Å². The number of carbonyl (C=O) groups is 2. The molecule has 0 aliphatic heterocycles. The minimum absolute atomic E-state index is 0.202. The first kappa shape index (κ1) is 10.9. The molecule has 0 atom stereocenters. The van der Waals surface area contributed by atoms with Crippen LogP contribution in [0.5, 0.6) is 0 Å². The topological polar surface area (TPSA) is 43.4 Å². The molecule has 0 saturated carbocycles. The molecule has 3 heteroatoms. The lowest BCUT2D eigenvalue weighted by molar-refractivity contribution is -0.140. The van der Waals surface area contributed by atoms with Gasteiger partial charge in [-0.1, -0.05) is 6.08 Å². The fourth-order valence-electron chi connectivity index (χ4n) is 0.726. The van der Waals surface area contributed by atoms with Crippen LogP contribution in [0.25, 0.3) is 0 Å². The number of hydrogen-bond acceptors (Lipinski definition) is 3. The van der Waals surface area contributed by atoms with E-state index in [4.69, 9.17) is 0 Å². The maximum atomic E-state index is 10.6. The normalized spacial score (nSPS) is 11.0. The third kappa shape index (κ3) is 5.65. The van der Waals surface area contributed by atoms with Crippen LogP contribution in [-0.2, 0) is 14.3 Å². The molecule has 0 aromatic carbocycles. The van der Waals surface area contributed by atoms with Crippen molar-refractivity contribution < 1.29 is 14.3 Å².